The summed E-state index contributed by atoms with van der Waals surface area (Å²) in [5, 5.41) is 0. The first-order valence-corrected chi connectivity index (χ1v) is 8.79. The number of ether oxygens (including phenoxy) is 1. The minimum Gasteiger partial charge on any atom is -0.465 e. The largest absolute Gasteiger partial charge is 0.465 e. The topological polar surface area (TPSA) is 26.3 Å². The van der Waals surface area contributed by atoms with E-state index in [2.05, 4.69) is 48.5 Å². The van der Waals surface area contributed by atoms with Crippen LogP contribution in [0.5, 0.6) is 0 Å². The Bertz CT molecular complexity index is 701. The molecule has 0 saturated heterocycles. The maximum absolute atomic E-state index is 12.3. The Morgan fingerprint density at radius 1 is 0.958 bits per heavy atom. The number of benzene rings is 2. The first kappa shape index (κ1) is 16.5. The smallest absolute Gasteiger partial charge is 0.309 e. The molecule has 1 aliphatic rings. The zero-order valence-electron chi connectivity index (χ0n) is 14.2. The minimum atomic E-state index is -0.0441. The molecule has 2 aromatic carbocycles. The standard InChI is InChI=1S/C22H24O2/c1-2-15-24-22(23)19-13-14-20(17-9-5-3-6-10-17)21(16-19)18-11-7-4-8-12-18/h3-12,19H,2,13-16H2,1H3. The van der Waals surface area contributed by atoms with E-state index in [-0.39, 0.29) is 11.9 Å². The van der Waals surface area contributed by atoms with Crippen LogP contribution in [-0.2, 0) is 9.53 Å². The average molecular weight is 320 g/mol. The molecule has 0 bridgehead atoms. The monoisotopic (exact) mass is 320 g/mol. The highest BCUT2D eigenvalue weighted by Crippen LogP contribution is 2.40. The molecule has 0 fully saturated rings. The van der Waals surface area contributed by atoms with Crippen LogP contribution >= 0.6 is 0 Å². The molecule has 3 rings (SSSR count). The average Bonchev–Trinajstić information content (AvgIpc) is 2.67. The van der Waals surface area contributed by atoms with Crippen molar-refractivity contribution >= 4 is 17.1 Å². The highest BCUT2D eigenvalue weighted by molar-refractivity contribution is 5.93. The second-order valence-electron chi connectivity index (χ2n) is 6.30. The molecule has 124 valence electrons. The van der Waals surface area contributed by atoms with Gasteiger partial charge in [0, 0.05) is 0 Å². The third kappa shape index (κ3) is 3.76. The van der Waals surface area contributed by atoms with Crippen LogP contribution in [0.1, 0.15) is 43.7 Å². The van der Waals surface area contributed by atoms with E-state index in [4.69, 9.17) is 4.74 Å². The number of carbonyl (C=O) groups excluding carboxylic acids is 1. The molecule has 2 heteroatoms. The molecule has 1 unspecified atom stereocenters. The maximum Gasteiger partial charge on any atom is 0.309 e. The van der Waals surface area contributed by atoms with Gasteiger partial charge in [0.1, 0.15) is 0 Å². The van der Waals surface area contributed by atoms with Crippen molar-refractivity contribution in [1.29, 1.82) is 0 Å². The normalized spacial score (nSPS) is 17.6. The van der Waals surface area contributed by atoms with Gasteiger partial charge < -0.3 is 4.74 Å². The van der Waals surface area contributed by atoms with Gasteiger partial charge in [-0.1, -0.05) is 67.6 Å². The second-order valence-corrected chi connectivity index (χ2v) is 6.30. The fourth-order valence-electron chi connectivity index (χ4n) is 3.35. The van der Waals surface area contributed by atoms with Crippen LogP contribution in [0.25, 0.3) is 11.1 Å². The molecule has 0 saturated carbocycles. The first-order valence-electron chi connectivity index (χ1n) is 8.79. The van der Waals surface area contributed by atoms with Gasteiger partial charge in [-0.2, -0.15) is 0 Å². The van der Waals surface area contributed by atoms with Gasteiger partial charge in [0.25, 0.3) is 0 Å². The zero-order valence-corrected chi connectivity index (χ0v) is 14.2. The third-order valence-electron chi connectivity index (χ3n) is 4.58. The summed E-state index contributed by atoms with van der Waals surface area (Å²) < 4.78 is 5.39. The molecule has 0 aliphatic heterocycles. The van der Waals surface area contributed by atoms with Gasteiger partial charge in [-0.15, -0.1) is 0 Å². The number of carbonyl (C=O) groups is 1. The Labute approximate surface area is 144 Å². The van der Waals surface area contributed by atoms with Gasteiger partial charge in [-0.25, -0.2) is 0 Å². The van der Waals surface area contributed by atoms with E-state index in [9.17, 15) is 4.79 Å². The Hall–Kier alpha value is -2.35. The summed E-state index contributed by atoms with van der Waals surface area (Å²) >= 11 is 0. The minimum absolute atomic E-state index is 0.0285. The van der Waals surface area contributed by atoms with Crippen LogP contribution in [-0.4, -0.2) is 12.6 Å². The van der Waals surface area contributed by atoms with Gasteiger partial charge in [0.2, 0.25) is 0 Å². The zero-order chi connectivity index (χ0) is 16.8. The van der Waals surface area contributed by atoms with E-state index in [1.807, 2.05) is 19.1 Å². The predicted octanol–water partition coefficient (Wildman–Crippen LogP) is 5.35. The summed E-state index contributed by atoms with van der Waals surface area (Å²) in [4.78, 5) is 12.3. The van der Waals surface area contributed by atoms with Crippen LogP contribution in [0.4, 0.5) is 0 Å². The lowest BCUT2D eigenvalue weighted by atomic mass is 9.78. The lowest BCUT2D eigenvalue weighted by Crippen LogP contribution is -2.22. The summed E-state index contributed by atoms with van der Waals surface area (Å²) in [6.07, 6.45) is 3.41. The van der Waals surface area contributed by atoms with Gasteiger partial charge in [-0.3, -0.25) is 4.79 Å². The van der Waals surface area contributed by atoms with Gasteiger partial charge in [0.05, 0.1) is 12.5 Å². The van der Waals surface area contributed by atoms with Crippen molar-refractivity contribution in [2.24, 2.45) is 5.92 Å². The summed E-state index contributed by atoms with van der Waals surface area (Å²) in [5.41, 5.74) is 5.12. The first-order chi connectivity index (χ1) is 11.8. The molecule has 24 heavy (non-hydrogen) atoms. The van der Waals surface area contributed by atoms with Crippen molar-refractivity contribution in [3.63, 3.8) is 0 Å². The van der Waals surface area contributed by atoms with E-state index in [0.717, 1.165) is 25.7 Å². The lowest BCUT2D eigenvalue weighted by Gasteiger charge is -2.27. The van der Waals surface area contributed by atoms with Crippen molar-refractivity contribution < 1.29 is 9.53 Å². The van der Waals surface area contributed by atoms with Crippen LogP contribution < -0.4 is 0 Å². The maximum atomic E-state index is 12.3. The molecule has 2 aromatic rings. The summed E-state index contributed by atoms with van der Waals surface area (Å²) in [6, 6.07) is 20.9. The molecule has 0 aromatic heterocycles. The Kier molecular flexibility index (Phi) is 5.47. The van der Waals surface area contributed by atoms with E-state index in [0.29, 0.717) is 6.61 Å². The molecule has 0 N–H and O–H groups in total. The van der Waals surface area contributed by atoms with E-state index in [1.54, 1.807) is 0 Å². The van der Waals surface area contributed by atoms with Crippen LogP contribution in [0.3, 0.4) is 0 Å². The van der Waals surface area contributed by atoms with Gasteiger partial charge >= 0.3 is 5.97 Å². The summed E-state index contributed by atoms with van der Waals surface area (Å²) in [6.45, 7) is 2.54. The Morgan fingerprint density at radius 2 is 1.54 bits per heavy atom. The molecule has 0 spiro atoms. The van der Waals surface area contributed by atoms with Crippen molar-refractivity contribution in [3.05, 3.63) is 71.8 Å². The van der Waals surface area contributed by atoms with Crippen LogP contribution in [0.15, 0.2) is 60.7 Å². The molecular formula is C22H24O2. The number of allylic oxidation sites excluding steroid dienone is 2. The molecule has 0 heterocycles. The fourth-order valence-corrected chi connectivity index (χ4v) is 3.35. The van der Waals surface area contributed by atoms with Crippen molar-refractivity contribution in [2.45, 2.75) is 32.6 Å². The summed E-state index contributed by atoms with van der Waals surface area (Å²) in [7, 11) is 0. The number of esters is 1. The highest BCUT2D eigenvalue weighted by atomic mass is 16.5. The van der Waals surface area contributed by atoms with Crippen LogP contribution in [0, 0.1) is 5.92 Å². The summed E-state index contributed by atoms with van der Waals surface area (Å²) in [5.74, 6) is -0.0726. The lowest BCUT2D eigenvalue weighted by molar-refractivity contribution is -0.148. The number of rotatable bonds is 5. The molecule has 0 radical (unpaired) electrons. The number of hydrogen-bond donors (Lipinski definition) is 0. The van der Waals surface area contributed by atoms with Crippen molar-refractivity contribution in [2.75, 3.05) is 6.61 Å². The van der Waals surface area contributed by atoms with E-state index >= 15 is 0 Å². The highest BCUT2D eigenvalue weighted by Gasteiger charge is 2.28. The molecule has 1 aliphatic carbocycles. The van der Waals surface area contributed by atoms with Crippen LogP contribution in [0.2, 0.25) is 0 Å². The third-order valence-corrected chi connectivity index (χ3v) is 4.58. The Balaban J connectivity index is 1.93. The van der Waals surface area contributed by atoms with E-state index < -0.39 is 0 Å². The predicted molar refractivity (Wildman–Crippen MR) is 98.3 cm³/mol. The van der Waals surface area contributed by atoms with E-state index in [1.165, 1.54) is 22.3 Å². The molecule has 0 amide bonds. The molecular weight excluding hydrogens is 296 g/mol. The molecule has 1 atom stereocenters. The van der Waals surface area contributed by atoms with Gasteiger partial charge in [-0.05, 0) is 48.0 Å². The number of hydrogen-bond acceptors (Lipinski definition) is 2. The van der Waals surface area contributed by atoms with Crippen molar-refractivity contribution in [3.8, 4) is 0 Å². The quantitative estimate of drug-likeness (QED) is 0.694. The Morgan fingerprint density at radius 3 is 2.12 bits per heavy atom. The molecule has 2 nitrogen and oxygen atoms in total. The van der Waals surface area contributed by atoms with Gasteiger partial charge in [0.15, 0.2) is 0 Å². The fraction of sp³-hybridized carbons (Fsp3) is 0.318. The SMILES string of the molecule is CCCOC(=O)C1CCC(c2ccccc2)=C(c2ccccc2)C1. The second kappa shape index (κ2) is 7.96. The van der Waals surface area contributed by atoms with Crippen molar-refractivity contribution in [1.82, 2.24) is 0 Å².